The molecule has 0 radical (unpaired) electrons. The van der Waals surface area contributed by atoms with Gasteiger partial charge in [-0.05, 0) is 37.1 Å². The number of hydrogen-bond donors (Lipinski definition) is 1. The van der Waals surface area contributed by atoms with Crippen molar-refractivity contribution in [1.82, 2.24) is 9.55 Å². The summed E-state index contributed by atoms with van der Waals surface area (Å²) in [6.45, 7) is 5.02. The lowest BCUT2D eigenvalue weighted by molar-refractivity contribution is 0.622. The highest BCUT2D eigenvalue weighted by atomic mass is 19.1. The van der Waals surface area contributed by atoms with Crippen LogP contribution >= 0.6 is 0 Å². The van der Waals surface area contributed by atoms with Crippen LogP contribution in [0.4, 0.5) is 4.39 Å². The zero-order valence-corrected chi connectivity index (χ0v) is 10.1. The molecule has 1 aromatic carbocycles. The highest BCUT2D eigenvalue weighted by molar-refractivity contribution is 5.28. The van der Waals surface area contributed by atoms with Crippen LogP contribution in [-0.2, 0) is 13.1 Å². The molecule has 0 aliphatic rings. The van der Waals surface area contributed by atoms with Crippen LogP contribution in [0.25, 0.3) is 0 Å². The monoisotopic (exact) mass is 233 g/mol. The van der Waals surface area contributed by atoms with Gasteiger partial charge in [0, 0.05) is 18.8 Å². The predicted molar refractivity (Wildman–Crippen MR) is 65.1 cm³/mol. The van der Waals surface area contributed by atoms with Crippen LogP contribution in [0, 0.1) is 19.7 Å². The fourth-order valence-corrected chi connectivity index (χ4v) is 1.83. The van der Waals surface area contributed by atoms with Crippen molar-refractivity contribution < 1.29 is 4.39 Å². The molecule has 0 saturated carbocycles. The van der Waals surface area contributed by atoms with E-state index in [-0.39, 0.29) is 5.82 Å². The van der Waals surface area contributed by atoms with Crippen LogP contribution in [0.1, 0.15) is 22.5 Å². The predicted octanol–water partition coefficient (Wildman–Crippen LogP) is 2.15. The van der Waals surface area contributed by atoms with Gasteiger partial charge in [0.1, 0.15) is 5.82 Å². The van der Waals surface area contributed by atoms with Crippen molar-refractivity contribution in [2.75, 3.05) is 0 Å². The van der Waals surface area contributed by atoms with Crippen LogP contribution < -0.4 is 5.73 Å². The molecular weight excluding hydrogens is 217 g/mol. The number of halogens is 1. The highest BCUT2D eigenvalue weighted by Gasteiger charge is 2.06. The Kier molecular flexibility index (Phi) is 3.24. The first-order valence-electron chi connectivity index (χ1n) is 5.57. The molecule has 90 valence electrons. The van der Waals surface area contributed by atoms with E-state index in [4.69, 9.17) is 5.73 Å². The van der Waals surface area contributed by atoms with Crippen molar-refractivity contribution in [3.8, 4) is 0 Å². The van der Waals surface area contributed by atoms with Crippen molar-refractivity contribution in [2.24, 2.45) is 5.73 Å². The van der Waals surface area contributed by atoms with Crippen LogP contribution in [0.5, 0.6) is 0 Å². The summed E-state index contributed by atoms with van der Waals surface area (Å²) < 4.78 is 15.1. The van der Waals surface area contributed by atoms with Crippen molar-refractivity contribution in [1.29, 1.82) is 0 Å². The normalized spacial score (nSPS) is 10.8. The second kappa shape index (κ2) is 4.67. The minimum atomic E-state index is -0.243. The second-order valence-corrected chi connectivity index (χ2v) is 4.16. The van der Waals surface area contributed by atoms with Gasteiger partial charge in [-0.2, -0.15) is 0 Å². The molecule has 0 spiro atoms. The lowest BCUT2D eigenvalue weighted by atomic mass is 10.1. The Morgan fingerprint density at radius 2 is 2.06 bits per heavy atom. The number of nitrogens with zero attached hydrogens (tertiary/aromatic N) is 2. The molecule has 0 fully saturated rings. The number of hydrogen-bond acceptors (Lipinski definition) is 2. The first-order valence-corrected chi connectivity index (χ1v) is 5.57. The summed E-state index contributed by atoms with van der Waals surface area (Å²) >= 11 is 0. The van der Waals surface area contributed by atoms with Gasteiger partial charge < -0.3 is 10.3 Å². The van der Waals surface area contributed by atoms with Gasteiger partial charge in [0.2, 0.25) is 0 Å². The standard InChI is InChI=1S/C13H16FN3/c1-9-10(2)17(8-16-9)7-11-3-4-13(14)5-12(11)6-15/h3-5,8H,6-7,15H2,1-2H3. The molecule has 0 aliphatic heterocycles. The zero-order valence-electron chi connectivity index (χ0n) is 10.1. The van der Waals surface area contributed by atoms with Crippen LogP contribution in [0.2, 0.25) is 0 Å². The van der Waals surface area contributed by atoms with Gasteiger partial charge in [-0.1, -0.05) is 6.07 Å². The molecule has 0 unspecified atom stereocenters. The molecule has 2 aromatic rings. The number of nitrogens with two attached hydrogens (primary N) is 1. The smallest absolute Gasteiger partial charge is 0.123 e. The molecule has 0 bridgehead atoms. The fraction of sp³-hybridized carbons (Fsp3) is 0.308. The van der Waals surface area contributed by atoms with E-state index in [9.17, 15) is 4.39 Å². The Hall–Kier alpha value is -1.68. The van der Waals surface area contributed by atoms with Gasteiger partial charge >= 0.3 is 0 Å². The van der Waals surface area contributed by atoms with E-state index >= 15 is 0 Å². The topological polar surface area (TPSA) is 43.8 Å². The summed E-state index contributed by atoms with van der Waals surface area (Å²) in [5, 5.41) is 0. The van der Waals surface area contributed by atoms with E-state index in [2.05, 4.69) is 4.98 Å². The zero-order chi connectivity index (χ0) is 12.4. The molecule has 1 heterocycles. The lowest BCUT2D eigenvalue weighted by Crippen LogP contribution is -2.07. The van der Waals surface area contributed by atoms with Gasteiger partial charge in [-0.25, -0.2) is 9.37 Å². The average molecular weight is 233 g/mol. The molecule has 0 atom stereocenters. The molecule has 17 heavy (non-hydrogen) atoms. The number of benzene rings is 1. The highest BCUT2D eigenvalue weighted by Crippen LogP contribution is 2.14. The Morgan fingerprint density at radius 1 is 1.29 bits per heavy atom. The number of rotatable bonds is 3. The van der Waals surface area contributed by atoms with E-state index in [0.717, 1.165) is 22.5 Å². The van der Waals surface area contributed by atoms with Crippen LogP contribution in [-0.4, -0.2) is 9.55 Å². The second-order valence-electron chi connectivity index (χ2n) is 4.16. The quantitative estimate of drug-likeness (QED) is 0.882. The average Bonchev–Trinajstić information content (AvgIpc) is 2.63. The Balaban J connectivity index is 2.33. The SMILES string of the molecule is Cc1ncn(Cc2ccc(F)cc2CN)c1C. The van der Waals surface area contributed by atoms with Crippen molar-refractivity contribution >= 4 is 0 Å². The number of imidazole rings is 1. The maximum Gasteiger partial charge on any atom is 0.123 e. The summed E-state index contributed by atoms with van der Waals surface area (Å²) in [5.41, 5.74) is 9.64. The van der Waals surface area contributed by atoms with E-state index in [1.165, 1.54) is 12.1 Å². The van der Waals surface area contributed by atoms with Gasteiger partial charge in [-0.15, -0.1) is 0 Å². The molecule has 4 heteroatoms. The van der Waals surface area contributed by atoms with Gasteiger partial charge in [0.15, 0.2) is 0 Å². The number of aryl methyl sites for hydroxylation is 1. The summed E-state index contributed by atoms with van der Waals surface area (Å²) in [6, 6.07) is 4.74. The molecule has 2 rings (SSSR count). The van der Waals surface area contributed by atoms with Gasteiger partial charge in [0.25, 0.3) is 0 Å². The fourth-order valence-electron chi connectivity index (χ4n) is 1.83. The first-order chi connectivity index (χ1) is 8.11. The van der Waals surface area contributed by atoms with Crippen LogP contribution in [0.3, 0.4) is 0 Å². The van der Waals surface area contributed by atoms with E-state index in [1.807, 2.05) is 18.4 Å². The van der Waals surface area contributed by atoms with Crippen molar-refractivity contribution in [3.05, 3.63) is 52.9 Å². The Morgan fingerprint density at radius 3 is 2.65 bits per heavy atom. The number of aromatic nitrogens is 2. The van der Waals surface area contributed by atoms with E-state index in [0.29, 0.717) is 13.1 Å². The summed E-state index contributed by atoms with van der Waals surface area (Å²) in [4.78, 5) is 4.24. The molecular formula is C13H16FN3. The Bertz CT molecular complexity index is 531. The van der Waals surface area contributed by atoms with Gasteiger partial charge in [0.05, 0.1) is 12.0 Å². The van der Waals surface area contributed by atoms with Crippen molar-refractivity contribution in [3.63, 3.8) is 0 Å². The minimum absolute atomic E-state index is 0.243. The molecule has 0 amide bonds. The van der Waals surface area contributed by atoms with Crippen molar-refractivity contribution in [2.45, 2.75) is 26.9 Å². The summed E-state index contributed by atoms with van der Waals surface area (Å²) in [7, 11) is 0. The molecule has 1 aromatic heterocycles. The molecule has 3 nitrogen and oxygen atoms in total. The summed E-state index contributed by atoms with van der Waals surface area (Å²) in [6.07, 6.45) is 1.80. The molecule has 0 aliphatic carbocycles. The largest absolute Gasteiger partial charge is 0.330 e. The van der Waals surface area contributed by atoms with E-state index in [1.54, 1.807) is 12.4 Å². The Labute approximate surface area is 100 Å². The van der Waals surface area contributed by atoms with Gasteiger partial charge in [-0.3, -0.25) is 0 Å². The third-order valence-electron chi connectivity index (χ3n) is 3.07. The maximum absolute atomic E-state index is 13.1. The lowest BCUT2D eigenvalue weighted by Gasteiger charge is -2.10. The molecule has 2 N–H and O–H groups in total. The third-order valence-corrected chi connectivity index (χ3v) is 3.07. The summed E-state index contributed by atoms with van der Waals surface area (Å²) in [5.74, 6) is -0.243. The third kappa shape index (κ3) is 2.36. The molecule has 0 saturated heterocycles. The first kappa shape index (κ1) is 11.8. The van der Waals surface area contributed by atoms with Crippen LogP contribution in [0.15, 0.2) is 24.5 Å². The maximum atomic E-state index is 13.1. The van der Waals surface area contributed by atoms with E-state index < -0.39 is 0 Å². The minimum Gasteiger partial charge on any atom is -0.330 e.